The van der Waals surface area contributed by atoms with Crippen molar-refractivity contribution in [2.75, 3.05) is 0 Å². The SMILES string of the molecule is CCCCCCCCCCCC[C@H](O)[C@@H]1CC[C@H]([C@H](O)CCCCC(O)CCCCC[C@@H](O)CC2=C[C@@](C)(O)OC2=O)O1. The summed E-state index contributed by atoms with van der Waals surface area (Å²) >= 11 is 0. The van der Waals surface area contributed by atoms with Crippen LogP contribution in [-0.2, 0) is 14.3 Å². The number of carbonyl (C=O) groups is 1. The van der Waals surface area contributed by atoms with Gasteiger partial charge in [-0.25, -0.2) is 4.79 Å². The molecule has 0 aromatic rings. The van der Waals surface area contributed by atoms with Gasteiger partial charge in [0.15, 0.2) is 0 Å². The fourth-order valence-corrected chi connectivity index (χ4v) is 6.45. The van der Waals surface area contributed by atoms with Crippen molar-refractivity contribution in [1.82, 2.24) is 0 Å². The number of ether oxygens (including phenoxy) is 2. The summed E-state index contributed by atoms with van der Waals surface area (Å²) in [4.78, 5) is 11.7. The zero-order valence-corrected chi connectivity index (χ0v) is 27.3. The van der Waals surface area contributed by atoms with Crippen molar-refractivity contribution < 1.29 is 39.8 Å². The van der Waals surface area contributed by atoms with E-state index in [4.69, 9.17) is 9.47 Å². The number of esters is 1. The molecule has 0 aromatic carbocycles. The number of rotatable bonds is 26. The fourth-order valence-electron chi connectivity index (χ4n) is 6.45. The molecular formula is C35H64O8. The van der Waals surface area contributed by atoms with Crippen molar-refractivity contribution in [3.8, 4) is 0 Å². The number of aliphatic hydroxyl groups excluding tert-OH is 4. The topological polar surface area (TPSA) is 137 Å². The Labute approximate surface area is 261 Å². The highest BCUT2D eigenvalue weighted by Gasteiger charge is 2.35. The third-order valence-electron chi connectivity index (χ3n) is 9.12. The second-order valence-corrected chi connectivity index (χ2v) is 13.4. The Hall–Kier alpha value is -1.03. The van der Waals surface area contributed by atoms with E-state index in [1.807, 2.05) is 0 Å². The largest absolute Gasteiger partial charge is 0.426 e. The molecule has 2 aliphatic rings. The third-order valence-corrected chi connectivity index (χ3v) is 9.12. The van der Waals surface area contributed by atoms with Crippen LogP contribution in [0.3, 0.4) is 0 Å². The number of hydrogen-bond acceptors (Lipinski definition) is 8. The average molecular weight is 613 g/mol. The Balaban J connectivity index is 1.42. The van der Waals surface area contributed by atoms with Crippen molar-refractivity contribution in [3.05, 3.63) is 11.6 Å². The van der Waals surface area contributed by atoms with E-state index >= 15 is 0 Å². The van der Waals surface area contributed by atoms with Gasteiger partial charge in [-0.05, 0) is 51.0 Å². The molecule has 0 aliphatic carbocycles. The monoisotopic (exact) mass is 612 g/mol. The van der Waals surface area contributed by atoms with Crippen molar-refractivity contribution >= 4 is 5.97 Å². The van der Waals surface area contributed by atoms with Gasteiger partial charge >= 0.3 is 5.97 Å². The molecule has 2 heterocycles. The minimum absolute atomic E-state index is 0.159. The van der Waals surface area contributed by atoms with Gasteiger partial charge < -0.3 is 35.0 Å². The Bertz CT molecular complexity index is 769. The molecule has 7 atom stereocenters. The zero-order chi connectivity index (χ0) is 31.5. The van der Waals surface area contributed by atoms with Crippen LogP contribution in [0, 0.1) is 0 Å². The first-order valence-corrected chi connectivity index (χ1v) is 17.7. The van der Waals surface area contributed by atoms with Gasteiger partial charge in [0.05, 0.1) is 36.6 Å². The lowest BCUT2D eigenvalue weighted by molar-refractivity contribution is -0.173. The van der Waals surface area contributed by atoms with Crippen molar-refractivity contribution in [1.29, 1.82) is 0 Å². The summed E-state index contributed by atoms with van der Waals surface area (Å²) < 4.78 is 10.9. The summed E-state index contributed by atoms with van der Waals surface area (Å²) in [5.74, 6) is -2.16. The van der Waals surface area contributed by atoms with Crippen molar-refractivity contribution in [2.24, 2.45) is 0 Å². The first-order chi connectivity index (χ1) is 20.6. The average Bonchev–Trinajstić information content (AvgIpc) is 3.55. The molecule has 0 saturated carbocycles. The minimum atomic E-state index is -1.58. The molecule has 1 fully saturated rings. The van der Waals surface area contributed by atoms with Crippen LogP contribution < -0.4 is 0 Å². The molecule has 1 saturated heterocycles. The summed E-state index contributed by atoms with van der Waals surface area (Å²) in [6.45, 7) is 3.64. The van der Waals surface area contributed by atoms with E-state index in [9.17, 15) is 30.3 Å². The summed E-state index contributed by atoms with van der Waals surface area (Å²) in [6.07, 6.45) is 21.3. The Morgan fingerprint density at radius 1 is 0.698 bits per heavy atom. The molecule has 43 heavy (non-hydrogen) atoms. The molecule has 8 nitrogen and oxygen atoms in total. The van der Waals surface area contributed by atoms with Gasteiger partial charge in [0.1, 0.15) is 0 Å². The molecule has 2 aliphatic heterocycles. The maximum absolute atomic E-state index is 11.7. The maximum Gasteiger partial charge on any atom is 0.336 e. The quantitative estimate of drug-likeness (QED) is 0.0561. The molecule has 1 unspecified atom stereocenters. The number of cyclic esters (lactones) is 1. The summed E-state index contributed by atoms with van der Waals surface area (Å²) in [7, 11) is 0. The first-order valence-electron chi connectivity index (χ1n) is 17.7. The van der Waals surface area contributed by atoms with E-state index in [2.05, 4.69) is 6.92 Å². The molecule has 0 amide bonds. The van der Waals surface area contributed by atoms with E-state index in [0.717, 1.165) is 57.8 Å². The summed E-state index contributed by atoms with van der Waals surface area (Å²) in [5.41, 5.74) is 0.314. The van der Waals surface area contributed by atoms with Crippen molar-refractivity contribution in [3.63, 3.8) is 0 Å². The predicted molar refractivity (Wildman–Crippen MR) is 169 cm³/mol. The van der Waals surface area contributed by atoms with Crippen molar-refractivity contribution in [2.45, 2.75) is 204 Å². The van der Waals surface area contributed by atoms with Crippen LogP contribution in [0.5, 0.6) is 0 Å². The molecule has 0 bridgehead atoms. The molecule has 0 spiro atoms. The smallest absolute Gasteiger partial charge is 0.336 e. The molecule has 252 valence electrons. The van der Waals surface area contributed by atoms with Gasteiger partial charge in [0, 0.05) is 18.9 Å². The number of unbranched alkanes of at least 4 members (excludes halogenated alkanes) is 12. The number of hydrogen-bond donors (Lipinski definition) is 5. The highest BCUT2D eigenvalue weighted by Crippen LogP contribution is 2.29. The van der Waals surface area contributed by atoms with E-state index in [-0.39, 0.29) is 24.7 Å². The lowest BCUT2D eigenvalue weighted by Gasteiger charge is -2.22. The lowest BCUT2D eigenvalue weighted by atomic mass is 9.99. The van der Waals surface area contributed by atoms with Crippen LogP contribution in [-0.4, -0.2) is 73.9 Å². The zero-order valence-electron chi connectivity index (χ0n) is 27.3. The molecule has 0 aromatic heterocycles. The molecular weight excluding hydrogens is 548 g/mol. The van der Waals surface area contributed by atoms with E-state index in [1.165, 1.54) is 70.8 Å². The van der Waals surface area contributed by atoms with E-state index < -0.39 is 30.1 Å². The predicted octanol–water partition coefficient (Wildman–Crippen LogP) is 6.38. The van der Waals surface area contributed by atoms with Gasteiger partial charge in [0.2, 0.25) is 5.79 Å². The van der Waals surface area contributed by atoms with Gasteiger partial charge in [-0.2, -0.15) is 0 Å². The maximum atomic E-state index is 11.7. The van der Waals surface area contributed by atoms with E-state index in [1.54, 1.807) is 0 Å². The standard InChI is InChI=1S/C35H64O8/c1-3-4-5-6-7-8-9-10-11-15-21-30(38)32-23-24-33(42-32)31(39)22-17-16-19-28(36)18-13-12-14-20-29(37)25-27-26-35(2,41)43-34(27)40/h26,28-33,36-39,41H,3-25H2,1-2H3/t28?,29-,30+,31-,32+,33-,35+/m1/s1. The number of aliphatic hydroxyl groups is 5. The minimum Gasteiger partial charge on any atom is -0.426 e. The molecule has 2 rings (SSSR count). The van der Waals surface area contributed by atoms with Gasteiger partial charge in [0.25, 0.3) is 0 Å². The van der Waals surface area contributed by atoms with E-state index in [0.29, 0.717) is 31.3 Å². The highest BCUT2D eigenvalue weighted by molar-refractivity contribution is 5.91. The van der Waals surface area contributed by atoms with Crippen LogP contribution in [0.15, 0.2) is 11.6 Å². The van der Waals surface area contributed by atoms with Crippen LogP contribution >= 0.6 is 0 Å². The normalized spacial score (nSPS) is 25.0. The lowest BCUT2D eigenvalue weighted by Crippen LogP contribution is -2.31. The molecule has 0 radical (unpaired) electrons. The Morgan fingerprint density at radius 3 is 1.63 bits per heavy atom. The van der Waals surface area contributed by atoms with Gasteiger partial charge in [-0.1, -0.05) is 103 Å². The second kappa shape index (κ2) is 21.7. The van der Waals surface area contributed by atoms with Crippen LogP contribution in [0.4, 0.5) is 0 Å². The molecule has 5 N–H and O–H groups in total. The van der Waals surface area contributed by atoms with Crippen LogP contribution in [0.1, 0.15) is 162 Å². The summed E-state index contributed by atoms with van der Waals surface area (Å²) in [6, 6.07) is 0. The Morgan fingerprint density at radius 2 is 1.12 bits per heavy atom. The number of carbonyl (C=O) groups excluding carboxylic acids is 1. The summed E-state index contributed by atoms with van der Waals surface area (Å²) in [5, 5.41) is 51.5. The first kappa shape index (κ1) is 38.2. The van der Waals surface area contributed by atoms with Gasteiger partial charge in [-0.3, -0.25) is 0 Å². The van der Waals surface area contributed by atoms with Crippen LogP contribution in [0.2, 0.25) is 0 Å². The van der Waals surface area contributed by atoms with Crippen LogP contribution in [0.25, 0.3) is 0 Å². The Kier molecular flexibility index (Phi) is 19.2. The highest BCUT2D eigenvalue weighted by atomic mass is 16.7. The molecule has 8 heteroatoms. The van der Waals surface area contributed by atoms with Gasteiger partial charge in [-0.15, -0.1) is 0 Å². The second-order valence-electron chi connectivity index (χ2n) is 13.4. The third kappa shape index (κ3) is 16.7. The fraction of sp³-hybridized carbons (Fsp3) is 0.914.